The fourth-order valence-corrected chi connectivity index (χ4v) is 6.28. The van der Waals surface area contributed by atoms with Crippen molar-refractivity contribution in [1.82, 2.24) is 0 Å². The Balaban J connectivity index is 1.54. The maximum Gasteiger partial charge on any atom is 0.233 e. The second-order valence-electron chi connectivity index (χ2n) is 9.15. The molecule has 0 aromatic heterocycles. The molecule has 1 amide bonds. The third-order valence-electron chi connectivity index (χ3n) is 6.99. The van der Waals surface area contributed by atoms with Crippen LogP contribution in [-0.4, -0.2) is 42.8 Å². The lowest BCUT2D eigenvalue weighted by atomic mass is 9.64. The molecule has 2 N–H and O–H groups in total. The zero-order chi connectivity index (χ0) is 22.4. The van der Waals surface area contributed by atoms with Crippen molar-refractivity contribution >= 4 is 17.7 Å². The minimum absolute atomic E-state index is 0.177. The Morgan fingerprint density at radius 3 is 2.00 bits per heavy atom. The van der Waals surface area contributed by atoms with E-state index in [-0.39, 0.29) is 11.8 Å². The third-order valence-corrected chi connectivity index (χ3v) is 8.09. The largest absolute Gasteiger partial charge is 0.369 e. The standard InChI is InChI=1S/C28H32N2OS/c1-30(19-11-21-32-26-16-9-4-10-17-26)20-18-25(22-30)28(27(29)31,23-12-5-2-6-13-23)24-14-7-3-8-15-24/h2-10,12-17,25H,11,18-22H2,1H3,(H-,29,31)/p+1. The Morgan fingerprint density at radius 2 is 1.47 bits per heavy atom. The Morgan fingerprint density at radius 1 is 0.938 bits per heavy atom. The highest BCUT2D eigenvalue weighted by Gasteiger charge is 2.53. The number of likely N-dealkylation sites (tertiary alicyclic amines) is 1. The molecule has 1 saturated heterocycles. The van der Waals surface area contributed by atoms with Gasteiger partial charge in [-0.3, -0.25) is 4.79 Å². The average Bonchev–Trinajstić information content (AvgIpc) is 3.21. The van der Waals surface area contributed by atoms with E-state index in [1.54, 1.807) is 0 Å². The van der Waals surface area contributed by atoms with Crippen molar-refractivity contribution in [2.24, 2.45) is 11.7 Å². The summed E-state index contributed by atoms with van der Waals surface area (Å²) in [5, 5.41) is 0. The van der Waals surface area contributed by atoms with E-state index in [0.717, 1.165) is 53.8 Å². The predicted octanol–water partition coefficient (Wildman–Crippen LogP) is 5.11. The molecule has 32 heavy (non-hydrogen) atoms. The normalized spacial score (nSPS) is 20.8. The minimum atomic E-state index is -0.794. The molecule has 4 rings (SSSR count). The second-order valence-corrected chi connectivity index (χ2v) is 10.3. The predicted molar refractivity (Wildman–Crippen MR) is 134 cm³/mol. The number of nitrogens with zero attached hydrogens (tertiary/aromatic N) is 1. The van der Waals surface area contributed by atoms with E-state index in [4.69, 9.17) is 5.73 Å². The van der Waals surface area contributed by atoms with Crippen molar-refractivity contribution < 1.29 is 9.28 Å². The molecule has 1 aliphatic heterocycles. The van der Waals surface area contributed by atoms with Gasteiger partial charge in [-0.2, -0.15) is 0 Å². The number of quaternary nitrogens is 1. The van der Waals surface area contributed by atoms with Crippen LogP contribution in [0.3, 0.4) is 0 Å². The van der Waals surface area contributed by atoms with Crippen molar-refractivity contribution in [3.63, 3.8) is 0 Å². The van der Waals surface area contributed by atoms with Gasteiger partial charge in [0.15, 0.2) is 0 Å². The third kappa shape index (κ3) is 4.62. The Hall–Kier alpha value is -2.56. The number of rotatable bonds is 9. The van der Waals surface area contributed by atoms with Crippen LogP contribution in [0.25, 0.3) is 0 Å². The Kier molecular flexibility index (Phi) is 7.02. The molecule has 4 heteroatoms. The summed E-state index contributed by atoms with van der Waals surface area (Å²) < 4.78 is 0.995. The van der Waals surface area contributed by atoms with Crippen molar-refractivity contribution in [2.75, 3.05) is 32.4 Å². The summed E-state index contributed by atoms with van der Waals surface area (Å²) in [6.45, 7) is 3.16. The van der Waals surface area contributed by atoms with Gasteiger partial charge in [-0.15, -0.1) is 11.8 Å². The number of thioether (sulfide) groups is 1. The maximum absolute atomic E-state index is 13.2. The molecule has 0 spiro atoms. The van der Waals surface area contributed by atoms with Crippen LogP contribution in [0.4, 0.5) is 0 Å². The molecule has 1 aliphatic rings. The molecule has 0 saturated carbocycles. The second kappa shape index (κ2) is 9.93. The first-order chi connectivity index (χ1) is 15.5. The molecule has 3 aromatic carbocycles. The quantitative estimate of drug-likeness (QED) is 0.283. The van der Waals surface area contributed by atoms with E-state index in [9.17, 15) is 4.79 Å². The molecule has 0 bridgehead atoms. The Bertz CT molecular complexity index is 970. The van der Waals surface area contributed by atoms with Crippen molar-refractivity contribution in [1.29, 1.82) is 0 Å². The van der Waals surface area contributed by atoms with Crippen LogP contribution in [0, 0.1) is 5.92 Å². The van der Waals surface area contributed by atoms with E-state index >= 15 is 0 Å². The van der Waals surface area contributed by atoms with E-state index in [0.29, 0.717) is 0 Å². The van der Waals surface area contributed by atoms with Gasteiger partial charge in [0, 0.05) is 29.4 Å². The molecule has 2 unspecified atom stereocenters. The molecular formula is C28H33N2OS+. The maximum atomic E-state index is 13.2. The lowest BCUT2D eigenvalue weighted by Gasteiger charge is -2.38. The summed E-state index contributed by atoms with van der Waals surface area (Å²) in [5.74, 6) is 1.05. The summed E-state index contributed by atoms with van der Waals surface area (Å²) in [6, 6.07) is 30.9. The van der Waals surface area contributed by atoms with Crippen LogP contribution in [0.1, 0.15) is 24.0 Å². The highest BCUT2D eigenvalue weighted by molar-refractivity contribution is 7.99. The minimum Gasteiger partial charge on any atom is -0.369 e. The van der Waals surface area contributed by atoms with Crippen LogP contribution >= 0.6 is 11.8 Å². The molecule has 0 aliphatic carbocycles. The molecule has 166 valence electrons. The highest BCUT2D eigenvalue weighted by Crippen LogP contribution is 2.45. The van der Waals surface area contributed by atoms with Gasteiger partial charge in [-0.1, -0.05) is 78.9 Å². The zero-order valence-electron chi connectivity index (χ0n) is 18.8. The topological polar surface area (TPSA) is 43.1 Å². The summed E-state index contributed by atoms with van der Waals surface area (Å²) in [5.41, 5.74) is 7.47. The van der Waals surface area contributed by atoms with Gasteiger partial charge in [0.25, 0.3) is 0 Å². The van der Waals surface area contributed by atoms with Crippen molar-refractivity contribution in [3.05, 3.63) is 102 Å². The smallest absolute Gasteiger partial charge is 0.233 e. The number of amides is 1. The molecule has 1 fully saturated rings. The molecule has 0 radical (unpaired) electrons. The van der Waals surface area contributed by atoms with Gasteiger partial charge in [0.2, 0.25) is 5.91 Å². The molecular weight excluding hydrogens is 412 g/mol. The van der Waals surface area contributed by atoms with Crippen molar-refractivity contribution in [2.45, 2.75) is 23.2 Å². The van der Waals surface area contributed by atoms with Crippen LogP contribution < -0.4 is 5.73 Å². The van der Waals surface area contributed by atoms with Gasteiger partial charge in [0.05, 0.1) is 26.7 Å². The monoisotopic (exact) mass is 445 g/mol. The molecule has 2 atom stereocenters. The number of hydrogen-bond donors (Lipinski definition) is 1. The van der Waals surface area contributed by atoms with E-state index in [1.807, 2.05) is 48.2 Å². The summed E-state index contributed by atoms with van der Waals surface area (Å²) in [6.07, 6.45) is 2.15. The summed E-state index contributed by atoms with van der Waals surface area (Å²) >= 11 is 1.92. The van der Waals surface area contributed by atoms with Crippen LogP contribution in [0.15, 0.2) is 95.9 Å². The fraction of sp³-hybridized carbons (Fsp3) is 0.321. The van der Waals surface area contributed by atoms with Gasteiger partial charge < -0.3 is 10.2 Å². The number of benzene rings is 3. The lowest BCUT2D eigenvalue weighted by molar-refractivity contribution is -0.899. The number of carbonyl (C=O) groups is 1. The fourth-order valence-electron chi connectivity index (χ4n) is 5.42. The molecule has 3 aromatic rings. The van der Waals surface area contributed by atoms with Crippen LogP contribution in [0.5, 0.6) is 0 Å². The van der Waals surface area contributed by atoms with E-state index < -0.39 is 5.41 Å². The zero-order valence-corrected chi connectivity index (χ0v) is 19.6. The van der Waals surface area contributed by atoms with E-state index in [1.165, 1.54) is 4.90 Å². The molecule has 1 heterocycles. The number of nitrogens with two attached hydrogens (primary N) is 1. The van der Waals surface area contributed by atoms with Gasteiger partial charge >= 0.3 is 0 Å². The van der Waals surface area contributed by atoms with E-state index in [2.05, 4.69) is 61.6 Å². The SMILES string of the molecule is C[N+]1(CCCSc2ccccc2)CCC(C(C(N)=O)(c2ccccc2)c2ccccc2)C1. The van der Waals surface area contributed by atoms with Gasteiger partial charge in [-0.05, 0) is 23.3 Å². The van der Waals surface area contributed by atoms with Gasteiger partial charge in [-0.25, -0.2) is 0 Å². The first-order valence-corrected chi connectivity index (χ1v) is 12.5. The summed E-state index contributed by atoms with van der Waals surface area (Å²) in [4.78, 5) is 14.6. The van der Waals surface area contributed by atoms with Crippen LogP contribution in [-0.2, 0) is 10.2 Å². The Labute approximate surface area is 196 Å². The summed E-state index contributed by atoms with van der Waals surface area (Å²) in [7, 11) is 2.34. The number of hydrogen-bond acceptors (Lipinski definition) is 2. The number of carbonyl (C=O) groups excluding carboxylic acids is 1. The molecule has 3 nitrogen and oxygen atoms in total. The number of primary amides is 1. The van der Waals surface area contributed by atoms with Crippen LogP contribution in [0.2, 0.25) is 0 Å². The first kappa shape index (κ1) is 22.6. The lowest BCUT2D eigenvalue weighted by Crippen LogP contribution is -2.51. The highest BCUT2D eigenvalue weighted by atomic mass is 32.2. The first-order valence-electron chi connectivity index (χ1n) is 11.5. The van der Waals surface area contributed by atoms with Gasteiger partial charge in [0.1, 0.15) is 5.41 Å². The van der Waals surface area contributed by atoms with Crippen molar-refractivity contribution in [3.8, 4) is 0 Å². The average molecular weight is 446 g/mol.